The summed E-state index contributed by atoms with van der Waals surface area (Å²) in [6.07, 6.45) is 0. The van der Waals surface area contributed by atoms with E-state index < -0.39 is 0 Å². The summed E-state index contributed by atoms with van der Waals surface area (Å²) < 4.78 is 10.8. The summed E-state index contributed by atoms with van der Waals surface area (Å²) in [6, 6.07) is 0.329. The molecule has 0 N–H and O–H groups in total. The maximum absolute atomic E-state index is 5.40. The lowest BCUT2D eigenvalue weighted by Gasteiger charge is -2.38. The van der Waals surface area contributed by atoms with Crippen molar-refractivity contribution < 1.29 is 9.47 Å². The van der Waals surface area contributed by atoms with Gasteiger partial charge in [0, 0.05) is 32.2 Å². The Morgan fingerprint density at radius 3 is 1.65 bits per heavy atom. The zero-order valence-electron chi connectivity index (χ0n) is 10.9. The van der Waals surface area contributed by atoms with Crippen molar-refractivity contribution >= 4 is 5.96 Å². The third-order valence-corrected chi connectivity index (χ3v) is 2.96. The number of aliphatic imine (C=N–C) groups is 1. The highest BCUT2D eigenvalue weighted by Gasteiger charge is 2.22. The molecule has 0 bridgehead atoms. The van der Waals surface area contributed by atoms with E-state index in [4.69, 9.17) is 14.5 Å². The van der Waals surface area contributed by atoms with E-state index in [9.17, 15) is 0 Å². The topological polar surface area (TPSA) is 37.3 Å². The lowest BCUT2D eigenvalue weighted by Crippen LogP contribution is -2.52. The number of morpholine rings is 2. The van der Waals surface area contributed by atoms with E-state index in [1.165, 1.54) is 0 Å². The highest BCUT2D eigenvalue weighted by atomic mass is 16.5. The molecule has 2 fully saturated rings. The Bertz CT molecular complexity index is 236. The second-order valence-electron chi connectivity index (χ2n) is 4.72. The first-order valence-corrected chi connectivity index (χ1v) is 6.50. The van der Waals surface area contributed by atoms with E-state index in [1.54, 1.807) is 0 Å². The number of rotatable bonds is 1. The van der Waals surface area contributed by atoms with E-state index >= 15 is 0 Å². The number of hydrogen-bond acceptors (Lipinski definition) is 3. The van der Waals surface area contributed by atoms with E-state index in [0.717, 1.165) is 58.6 Å². The third-order valence-electron chi connectivity index (χ3n) is 2.96. The first-order chi connectivity index (χ1) is 8.27. The predicted molar refractivity (Wildman–Crippen MR) is 67.4 cm³/mol. The molecule has 5 nitrogen and oxygen atoms in total. The summed E-state index contributed by atoms with van der Waals surface area (Å²) in [5.74, 6) is 1.13. The van der Waals surface area contributed by atoms with Crippen LogP contribution < -0.4 is 0 Å². The summed E-state index contributed by atoms with van der Waals surface area (Å²) in [5, 5.41) is 0. The Kier molecular flexibility index (Phi) is 4.62. The van der Waals surface area contributed by atoms with Crippen molar-refractivity contribution in [2.45, 2.75) is 19.9 Å². The van der Waals surface area contributed by atoms with Crippen molar-refractivity contribution in [2.24, 2.45) is 4.99 Å². The van der Waals surface area contributed by atoms with Gasteiger partial charge in [-0.3, -0.25) is 4.99 Å². The average molecular weight is 241 g/mol. The summed E-state index contributed by atoms with van der Waals surface area (Å²) in [4.78, 5) is 9.47. The van der Waals surface area contributed by atoms with Gasteiger partial charge in [0.2, 0.25) is 0 Å². The van der Waals surface area contributed by atoms with Gasteiger partial charge in [-0.05, 0) is 13.8 Å². The summed E-state index contributed by atoms with van der Waals surface area (Å²) in [6.45, 7) is 11.3. The van der Waals surface area contributed by atoms with Gasteiger partial charge in [-0.1, -0.05) is 0 Å². The normalized spacial score (nSPS) is 21.8. The van der Waals surface area contributed by atoms with Crippen LogP contribution in [0.3, 0.4) is 0 Å². The zero-order valence-corrected chi connectivity index (χ0v) is 10.9. The van der Waals surface area contributed by atoms with Gasteiger partial charge < -0.3 is 19.3 Å². The monoisotopic (exact) mass is 241 g/mol. The molecule has 0 radical (unpaired) electrons. The standard InChI is InChI=1S/C12H23N3O2/c1-11(2)13-12(14-3-7-16-8-4-14)15-5-9-17-10-6-15/h11H,3-10H2,1-2H3. The third kappa shape index (κ3) is 3.57. The molecule has 0 saturated carbocycles. The van der Waals surface area contributed by atoms with Crippen LogP contribution in [0, 0.1) is 0 Å². The van der Waals surface area contributed by atoms with Crippen molar-refractivity contribution in [1.82, 2.24) is 9.80 Å². The minimum absolute atomic E-state index is 0.329. The maximum atomic E-state index is 5.40. The maximum Gasteiger partial charge on any atom is 0.197 e. The zero-order chi connectivity index (χ0) is 12.1. The van der Waals surface area contributed by atoms with Crippen molar-refractivity contribution in [3.63, 3.8) is 0 Å². The van der Waals surface area contributed by atoms with Crippen LogP contribution in [0.4, 0.5) is 0 Å². The van der Waals surface area contributed by atoms with Crippen molar-refractivity contribution in [2.75, 3.05) is 52.6 Å². The van der Waals surface area contributed by atoms with E-state index in [-0.39, 0.29) is 0 Å². The fourth-order valence-corrected chi connectivity index (χ4v) is 2.12. The Balaban J connectivity index is 2.05. The lowest BCUT2D eigenvalue weighted by atomic mass is 10.3. The summed E-state index contributed by atoms with van der Waals surface area (Å²) in [7, 11) is 0. The first-order valence-electron chi connectivity index (χ1n) is 6.50. The Labute approximate surface area is 103 Å². The van der Waals surface area contributed by atoms with E-state index in [1.807, 2.05) is 0 Å². The fraction of sp³-hybridized carbons (Fsp3) is 0.917. The van der Waals surface area contributed by atoms with Crippen LogP contribution >= 0.6 is 0 Å². The van der Waals surface area contributed by atoms with Gasteiger partial charge in [-0.15, -0.1) is 0 Å². The van der Waals surface area contributed by atoms with Crippen LogP contribution in [-0.4, -0.2) is 74.4 Å². The van der Waals surface area contributed by atoms with Crippen LogP contribution in [0.2, 0.25) is 0 Å². The number of hydrogen-bond donors (Lipinski definition) is 0. The average Bonchev–Trinajstić information content (AvgIpc) is 2.38. The van der Waals surface area contributed by atoms with Gasteiger partial charge in [-0.25, -0.2) is 0 Å². The first kappa shape index (κ1) is 12.6. The van der Waals surface area contributed by atoms with Crippen molar-refractivity contribution in [3.05, 3.63) is 0 Å². The molecule has 0 amide bonds. The van der Waals surface area contributed by atoms with Crippen LogP contribution in [0.5, 0.6) is 0 Å². The minimum atomic E-state index is 0.329. The highest BCUT2D eigenvalue weighted by molar-refractivity contribution is 5.80. The number of ether oxygens (including phenoxy) is 2. The van der Waals surface area contributed by atoms with Crippen LogP contribution in [0.25, 0.3) is 0 Å². The Hall–Kier alpha value is -0.810. The van der Waals surface area contributed by atoms with Gasteiger partial charge in [0.15, 0.2) is 5.96 Å². The molecule has 0 unspecified atom stereocenters. The highest BCUT2D eigenvalue weighted by Crippen LogP contribution is 2.08. The molecule has 0 aromatic heterocycles. The molecule has 0 spiro atoms. The SMILES string of the molecule is CC(C)N=C(N1CCOCC1)N1CCOCC1. The van der Waals surface area contributed by atoms with Crippen molar-refractivity contribution in [3.8, 4) is 0 Å². The molecule has 0 aromatic carbocycles. The quantitative estimate of drug-likeness (QED) is 0.492. The second kappa shape index (κ2) is 6.21. The van der Waals surface area contributed by atoms with Gasteiger partial charge in [0.25, 0.3) is 0 Å². The fourth-order valence-electron chi connectivity index (χ4n) is 2.12. The molecule has 2 rings (SSSR count). The molecule has 0 aliphatic carbocycles. The minimum Gasteiger partial charge on any atom is -0.378 e. The lowest BCUT2D eigenvalue weighted by molar-refractivity contribution is 0.0417. The molecule has 2 saturated heterocycles. The van der Waals surface area contributed by atoms with E-state index in [2.05, 4.69) is 23.6 Å². The van der Waals surface area contributed by atoms with Crippen LogP contribution in [-0.2, 0) is 9.47 Å². The smallest absolute Gasteiger partial charge is 0.197 e. The Morgan fingerprint density at radius 2 is 1.29 bits per heavy atom. The largest absolute Gasteiger partial charge is 0.378 e. The van der Waals surface area contributed by atoms with E-state index in [0.29, 0.717) is 6.04 Å². The molecular formula is C12H23N3O2. The van der Waals surface area contributed by atoms with Crippen LogP contribution in [0.15, 0.2) is 4.99 Å². The van der Waals surface area contributed by atoms with Gasteiger partial charge in [-0.2, -0.15) is 0 Å². The molecule has 2 heterocycles. The van der Waals surface area contributed by atoms with Crippen molar-refractivity contribution in [1.29, 1.82) is 0 Å². The van der Waals surface area contributed by atoms with Gasteiger partial charge >= 0.3 is 0 Å². The van der Waals surface area contributed by atoms with Gasteiger partial charge in [0.1, 0.15) is 0 Å². The molecule has 0 aromatic rings. The Morgan fingerprint density at radius 1 is 0.882 bits per heavy atom. The van der Waals surface area contributed by atoms with Gasteiger partial charge in [0.05, 0.1) is 26.4 Å². The molecule has 0 atom stereocenters. The molecule has 17 heavy (non-hydrogen) atoms. The predicted octanol–water partition coefficient (Wildman–Crippen LogP) is 0.415. The molecule has 2 aliphatic rings. The number of guanidine groups is 1. The number of nitrogens with zero attached hydrogens (tertiary/aromatic N) is 3. The molecule has 98 valence electrons. The molecular weight excluding hydrogens is 218 g/mol. The summed E-state index contributed by atoms with van der Waals surface area (Å²) >= 11 is 0. The van der Waals surface area contributed by atoms with Crippen LogP contribution in [0.1, 0.15) is 13.8 Å². The molecule has 2 aliphatic heterocycles. The summed E-state index contributed by atoms with van der Waals surface area (Å²) in [5.41, 5.74) is 0. The molecule has 5 heteroatoms. The second-order valence-corrected chi connectivity index (χ2v) is 4.72.